The fraction of sp³-hybridized carbons (Fsp3) is 0.857. The molecule has 0 spiro atoms. The van der Waals surface area contributed by atoms with Crippen LogP contribution in [0.5, 0.6) is 0 Å². The highest BCUT2D eigenvalue weighted by Gasteiger charge is 2.03. The summed E-state index contributed by atoms with van der Waals surface area (Å²) in [5, 5.41) is 5.85. The molecule has 2 nitrogen and oxygen atoms in total. The number of rotatable bonds is 5. The van der Waals surface area contributed by atoms with Crippen molar-refractivity contribution in [1.82, 2.24) is 10.1 Å². The first-order valence-electron chi connectivity index (χ1n) is 3.56. The normalized spacial score (nSPS) is 9.11. The van der Waals surface area contributed by atoms with Gasteiger partial charge in [-0.15, -0.1) is 5.01 Å². The van der Waals surface area contributed by atoms with E-state index in [9.17, 15) is 0 Å². The average Bonchev–Trinajstić information content (AvgIpc) is 1.88. The van der Waals surface area contributed by atoms with Crippen molar-refractivity contribution >= 4 is 6.72 Å². The highest BCUT2D eigenvalue weighted by molar-refractivity contribution is 5.20. The van der Waals surface area contributed by atoms with Gasteiger partial charge in [0.1, 0.15) is 0 Å². The molecule has 0 rings (SSSR count). The van der Waals surface area contributed by atoms with Gasteiger partial charge in [0.15, 0.2) is 5.10 Å². The minimum atomic E-state index is 1.04. The van der Waals surface area contributed by atoms with Gasteiger partial charge in [-0.25, -0.2) is 0 Å². The monoisotopic (exact) mass is 128 g/mol. The Balaban J connectivity index is 3.29. The topological polar surface area (TPSA) is 17.3 Å². The van der Waals surface area contributed by atoms with Crippen LogP contribution in [0.25, 0.3) is 0 Å². The van der Waals surface area contributed by atoms with Gasteiger partial charge in [0.05, 0.1) is 13.1 Å². The van der Waals surface area contributed by atoms with Crippen molar-refractivity contribution in [3.63, 3.8) is 0 Å². The molecule has 2 heteroatoms. The van der Waals surface area contributed by atoms with Crippen LogP contribution >= 0.6 is 0 Å². The Hall–Kier alpha value is -0.530. The molecule has 0 fully saturated rings. The molecule has 0 bridgehead atoms. The van der Waals surface area contributed by atoms with E-state index >= 15 is 0 Å². The Labute approximate surface area is 57.6 Å². The standard InChI is InChI=1S/C7H16N2/c1-4-6-9(8-3)7-5-2/h3-7H2,1-2H3/q+1. The zero-order valence-corrected chi connectivity index (χ0v) is 6.43. The van der Waals surface area contributed by atoms with Crippen molar-refractivity contribution in [3.8, 4) is 0 Å². The zero-order valence-electron chi connectivity index (χ0n) is 6.43. The number of hydrazone groups is 1. The van der Waals surface area contributed by atoms with Gasteiger partial charge in [-0.05, 0) is 12.8 Å². The smallest absolute Gasteiger partial charge is 0.122 e. The zero-order chi connectivity index (χ0) is 7.11. The van der Waals surface area contributed by atoms with E-state index in [0.29, 0.717) is 0 Å². The first-order valence-corrected chi connectivity index (χ1v) is 3.56. The minimum absolute atomic E-state index is 1.04. The van der Waals surface area contributed by atoms with Gasteiger partial charge >= 0.3 is 0 Å². The van der Waals surface area contributed by atoms with Crippen molar-refractivity contribution in [2.45, 2.75) is 26.7 Å². The molecule has 53 valence electrons. The van der Waals surface area contributed by atoms with Crippen LogP contribution in [-0.4, -0.2) is 24.8 Å². The van der Waals surface area contributed by atoms with Crippen molar-refractivity contribution < 1.29 is 0 Å². The Morgan fingerprint density at radius 1 is 1.22 bits per heavy atom. The molecule has 0 unspecified atom stereocenters. The predicted molar refractivity (Wildman–Crippen MR) is 41.4 cm³/mol. The van der Waals surface area contributed by atoms with Crippen LogP contribution in [0.4, 0.5) is 0 Å². The lowest BCUT2D eigenvalue weighted by molar-refractivity contribution is 0.252. The number of hydrogen-bond donors (Lipinski definition) is 0. The fourth-order valence-electron chi connectivity index (χ4n) is 0.769. The summed E-state index contributed by atoms with van der Waals surface area (Å²) in [6.07, 6.45) is 2.30. The molecule has 0 heterocycles. The van der Waals surface area contributed by atoms with E-state index in [2.05, 4.69) is 25.7 Å². The van der Waals surface area contributed by atoms with E-state index in [4.69, 9.17) is 0 Å². The van der Waals surface area contributed by atoms with Gasteiger partial charge in [-0.3, -0.25) is 0 Å². The summed E-state index contributed by atoms with van der Waals surface area (Å²) in [6.45, 7) is 9.85. The third-order valence-electron chi connectivity index (χ3n) is 1.16. The third-order valence-corrected chi connectivity index (χ3v) is 1.16. The molecule has 0 aliphatic heterocycles. The quantitative estimate of drug-likeness (QED) is 0.400. The summed E-state index contributed by atoms with van der Waals surface area (Å²) in [6, 6.07) is 0. The van der Waals surface area contributed by atoms with Crippen LogP contribution in [0, 0.1) is 0 Å². The van der Waals surface area contributed by atoms with Crippen molar-refractivity contribution in [1.29, 1.82) is 0 Å². The summed E-state index contributed by atoms with van der Waals surface area (Å²) < 4.78 is 0. The van der Waals surface area contributed by atoms with Gasteiger partial charge in [0.2, 0.25) is 6.72 Å². The lowest BCUT2D eigenvalue weighted by Crippen LogP contribution is -2.26. The maximum Gasteiger partial charge on any atom is 0.240 e. The fourth-order valence-corrected chi connectivity index (χ4v) is 0.769. The van der Waals surface area contributed by atoms with E-state index in [1.165, 1.54) is 0 Å². The van der Waals surface area contributed by atoms with Crippen molar-refractivity contribution in [2.75, 3.05) is 13.1 Å². The molecule has 0 atom stereocenters. The maximum absolute atomic E-state index is 3.85. The molecule has 0 saturated heterocycles. The van der Waals surface area contributed by atoms with Crippen LogP contribution in [0.1, 0.15) is 26.7 Å². The highest BCUT2D eigenvalue weighted by atomic mass is 15.4. The number of hydrogen-bond acceptors (Lipinski definition) is 2. The van der Waals surface area contributed by atoms with Gasteiger partial charge in [0.25, 0.3) is 0 Å². The molecule has 0 aromatic carbocycles. The molecular weight excluding hydrogens is 112 g/mol. The van der Waals surface area contributed by atoms with E-state index in [1.807, 2.05) is 5.01 Å². The third kappa shape index (κ3) is 4.01. The summed E-state index contributed by atoms with van der Waals surface area (Å²) in [7, 11) is 0. The van der Waals surface area contributed by atoms with Gasteiger partial charge in [0, 0.05) is 0 Å². The van der Waals surface area contributed by atoms with Crippen LogP contribution in [0.15, 0.2) is 0 Å². The first kappa shape index (κ1) is 8.47. The summed E-state index contributed by atoms with van der Waals surface area (Å²) >= 11 is 0. The summed E-state index contributed by atoms with van der Waals surface area (Å²) in [4.78, 5) is 0. The molecule has 0 aromatic rings. The van der Waals surface area contributed by atoms with Crippen LogP contribution in [0.2, 0.25) is 0 Å². The Bertz CT molecular complexity index is 65.3. The minimum Gasteiger partial charge on any atom is -0.122 e. The molecule has 0 saturated carbocycles. The molecule has 0 aromatic heterocycles. The molecule has 0 aliphatic rings. The first-order chi connectivity index (χ1) is 4.35. The van der Waals surface area contributed by atoms with Crippen molar-refractivity contribution in [3.05, 3.63) is 0 Å². The second kappa shape index (κ2) is 5.60. The lowest BCUT2D eigenvalue weighted by atomic mass is 10.4. The van der Waals surface area contributed by atoms with Gasteiger partial charge in [-0.1, -0.05) is 13.8 Å². The maximum atomic E-state index is 3.85. The lowest BCUT2D eigenvalue weighted by Gasteiger charge is -2.03. The molecular formula is C7H16N2+. The van der Waals surface area contributed by atoms with E-state index in [1.54, 1.807) is 0 Å². The Morgan fingerprint density at radius 3 is 1.89 bits per heavy atom. The largest absolute Gasteiger partial charge is 0.240 e. The average molecular weight is 128 g/mol. The molecule has 0 amide bonds. The summed E-state index contributed by atoms with van der Waals surface area (Å²) in [5.74, 6) is 0. The highest BCUT2D eigenvalue weighted by Crippen LogP contribution is 1.86. The molecule has 9 heavy (non-hydrogen) atoms. The Morgan fingerprint density at radius 2 is 1.67 bits per heavy atom. The van der Waals surface area contributed by atoms with Gasteiger partial charge < -0.3 is 0 Å². The molecule has 0 aliphatic carbocycles. The van der Waals surface area contributed by atoms with Gasteiger partial charge in [-0.2, -0.15) is 0 Å². The van der Waals surface area contributed by atoms with Crippen LogP contribution in [0.3, 0.4) is 0 Å². The van der Waals surface area contributed by atoms with E-state index in [0.717, 1.165) is 25.9 Å². The SMILES string of the molecule is C=[N+]N(CCC)CCC. The summed E-state index contributed by atoms with van der Waals surface area (Å²) in [5.41, 5.74) is 0. The van der Waals surface area contributed by atoms with Crippen LogP contribution in [-0.2, 0) is 0 Å². The van der Waals surface area contributed by atoms with E-state index in [-0.39, 0.29) is 0 Å². The second-order valence-corrected chi connectivity index (χ2v) is 2.10. The Kier molecular flexibility index (Phi) is 5.27. The van der Waals surface area contributed by atoms with E-state index < -0.39 is 0 Å². The molecule has 1 radical (unpaired) electrons. The van der Waals surface area contributed by atoms with Crippen molar-refractivity contribution in [2.24, 2.45) is 0 Å². The second-order valence-electron chi connectivity index (χ2n) is 2.10. The van der Waals surface area contributed by atoms with Crippen LogP contribution < -0.4 is 5.10 Å². The molecule has 0 N–H and O–H groups in total. The predicted octanol–water partition coefficient (Wildman–Crippen LogP) is 1.06. The number of nitrogens with zero attached hydrogens (tertiary/aromatic N) is 2.